The second-order valence-corrected chi connectivity index (χ2v) is 33.7. The topological polar surface area (TPSA) is 142 Å². The highest BCUT2D eigenvalue weighted by Gasteiger charge is 2.46. The van der Waals surface area contributed by atoms with Crippen LogP contribution in [-0.2, 0) is 23.8 Å². The van der Waals surface area contributed by atoms with Crippen molar-refractivity contribution in [2.75, 3.05) is 19.8 Å². The van der Waals surface area contributed by atoms with Crippen molar-refractivity contribution in [1.82, 2.24) is 24.0 Å². The molecule has 0 unspecified atom stereocenters. The maximum atomic E-state index is 13.5. The average molecular weight is 1790 g/mol. The summed E-state index contributed by atoms with van der Waals surface area (Å²) in [5.41, 5.74) is 25.3. The van der Waals surface area contributed by atoms with Gasteiger partial charge in [0.25, 0.3) is 0 Å². The van der Waals surface area contributed by atoms with Gasteiger partial charge in [-0.05, 0) is 202 Å². The van der Waals surface area contributed by atoms with Gasteiger partial charge in [-0.3, -0.25) is 13.6 Å². The van der Waals surface area contributed by atoms with Crippen molar-refractivity contribution in [3.05, 3.63) is 428 Å². The van der Waals surface area contributed by atoms with Gasteiger partial charge in [0.05, 0.1) is 58.3 Å². The second kappa shape index (κ2) is 39.9. The Morgan fingerprint density at radius 1 is 0.466 bits per heavy atom. The molecule has 656 valence electrons. The number of thiazole rings is 1. The lowest BCUT2D eigenvalue weighted by Crippen LogP contribution is -2.22. The Labute approximate surface area is 762 Å². The van der Waals surface area contributed by atoms with Crippen LogP contribution in [0.1, 0.15) is 110 Å². The molecular weight excluding hydrogens is 1700 g/mol. The van der Waals surface area contributed by atoms with Crippen LogP contribution in [0.4, 0.5) is 36.4 Å². The van der Waals surface area contributed by atoms with Crippen molar-refractivity contribution in [3.8, 4) is 44.2 Å². The van der Waals surface area contributed by atoms with Crippen molar-refractivity contribution in [2.24, 2.45) is 5.10 Å². The minimum Gasteiger partial charge on any atom is -0.457 e. The monoisotopic (exact) mass is 1790 g/mol. The zero-order chi connectivity index (χ0) is 92.4. The number of carbonyl (C=O) groups excluding carboxylic acids is 3. The van der Waals surface area contributed by atoms with Crippen LogP contribution in [0.3, 0.4) is 0 Å². The van der Waals surface area contributed by atoms with Gasteiger partial charge in [0.1, 0.15) is 35.8 Å². The van der Waals surface area contributed by atoms with Gasteiger partial charge in [-0.1, -0.05) is 269 Å². The number of hydrogen-bond donors (Lipinski definition) is 0. The number of imidazole rings is 1. The molecule has 22 heteroatoms. The maximum Gasteiger partial charge on any atom is 0.435 e. The Hall–Kier alpha value is -14.6. The van der Waals surface area contributed by atoms with E-state index in [0.29, 0.717) is 75.3 Å². The number of cyclic esters (lactones) is 2. The molecule has 131 heavy (non-hydrogen) atoms. The number of fused-ring (bicyclic) bond motifs is 2. The summed E-state index contributed by atoms with van der Waals surface area (Å²) in [6.45, 7) is 18.7. The number of aromatic nitrogens is 5. The summed E-state index contributed by atoms with van der Waals surface area (Å²) in [5.74, 6) is -3.00. The van der Waals surface area contributed by atoms with Crippen molar-refractivity contribution >= 4 is 102 Å². The molecule has 12 aromatic carbocycles. The van der Waals surface area contributed by atoms with Crippen molar-refractivity contribution < 1.29 is 64.0 Å². The molecule has 4 aliphatic rings. The number of pyridine rings is 1. The van der Waals surface area contributed by atoms with Gasteiger partial charge in [-0.15, -0.1) is 10.2 Å². The molecule has 0 saturated heterocycles. The predicted octanol–water partition coefficient (Wildman–Crippen LogP) is 26.9. The Morgan fingerprint density at radius 3 is 1.53 bits per heavy atom. The van der Waals surface area contributed by atoms with E-state index in [1.54, 1.807) is 90.5 Å². The van der Waals surface area contributed by atoms with E-state index < -0.39 is 35.1 Å². The molecule has 16 aromatic rings. The zero-order valence-corrected chi connectivity index (χ0v) is 74.5. The van der Waals surface area contributed by atoms with Gasteiger partial charge in [0, 0.05) is 61.9 Å². The van der Waals surface area contributed by atoms with Crippen LogP contribution in [0.25, 0.3) is 88.3 Å². The summed E-state index contributed by atoms with van der Waals surface area (Å²) in [6, 6.07) is 94.9. The fourth-order valence-electron chi connectivity index (χ4n) is 15.5. The number of alkyl halides is 3. The van der Waals surface area contributed by atoms with Gasteiger partial charge in [-0.25, -0.2) is 32.1 Å². The standard InChI is InChI=1S/C22H17FN2O.C19H17FO2.C17H13ClF3N2.C17H14F2O.C17H13N3S.C17H14O2/c1-14-5-7-16(8-6-14)20-21(17-9-11-18(23)12-10-17)25-13-3-4-19(15(2)26)22(25)24-20;1-12-7-9-13(10-8-12)17-16(18(21)22-19(17,2)3)14-5-4-6-15(20)11-14;1-11-2-8-14(9-3-11)23-15(10-16(22-23)17(19,20)21)12-4-6-13(18)7-5-12;1-11-2-4-12(5-3-11)14-9-20-10-15(14)13-6-7-16(18)17(19)8-13;1-12-7-9-14(10-8-12)16-15(13-5-3-2-4-6-13)20-11-18-19-17(20)21-16;1-12-7-9-13(10-8-12)15-11-19-17(18)16(15)14-5-3-2-4-6-14/h3-13H,1-2H3;4-11H,1-3H3;2-9H,10H2,1H3;2-8H,9-10H2,1H3;2-11H,1H3;2-10H,11H2,1H3/q;;+1;;;. The lowest BCUT2D eigenvalue weighted by Gasteiger charge is -2.21. The van der Waals surface area contributed by atoms with E-state index >= 15 is 0 Å². The molecule has 8 heterocycles. The van der Waals surface area contributed by atoms with Crippen LogP contribution in [0, 0.1) is 64.8 Å². The minimum absolute atomic E-state index is 0.0401. The highest BCUT2D eigenvalue weighted by atomic mass is 35.5. The van der Waals surface area contributed by atoms with Crippen LogP contribution in [0.5, 0.6) is 0 Å². The van der Waals surface area contributed by atoms with Crippen LogP contribution in [-0.4, -0.2) is 89.4 Å². The normalized spacial score (nSPS) is 13.9. The fraction of sp³-hybridized carbons (Fsp3) is 0.138. The first kappa shape index (κ1) is 91.1. The molecule has 0 fully saturated rings. The molecule has 0 spiro atoms. The molecule has 13 nitrogen and oxygen atoms in total. The largest absolute Gasteiger partial charge is 0.457 e. The van der Waals surface area contributed by atoms with Gasteiger partial charge in [0.2, 0.25) is 16.4 Å². The third-order valence-electron chi connectivity index (χ3n) is 22.3. The maximum absolute atomic E-state index is 13.5. The zero-order valence-electron chi connectivity index (χ0n) is 72.9. The van der Waals surface area contributed by atoms with Crippen LogP contribution < -0.4 is 0 Å². The summed E-state index contributed by atoms with van der Waals surface area (Å²) >= 11 is 7.53. The first-order valence-corrected chi connectivity index (χ1v) is 43.3. The number of hydrazone groups is 1. The van der Waals surface area contributed by atoms with E-state index in [9.17, 15) is 45.1 Å². The van der Waals surface area contributed by atoms with Gasteiger partial charge >= 0.3 is 18.1 Å². The molecule has 0 amide bonds. The van der Waals surface area contributed by atoms with E-state index in [1.807, 2.05) is 211 Å². The number of ketones is 1. The number of esters is 2. The summed E-state index contributed by atoms with van der Waals surface area (Å²) in [4.78, 5) is 43.3. The molecule has 0 bridgehead atoms. The van der Waals surface area contributed by atoms with Crippen LogP contribution >= 0.6 is 22.9 Å². The number of carbonyl (C=O) groups is 3. The lowest BCUT2D eigenvalue weighted by molar-refractivity contribution is -0.442. The highest BCUT2D eigenvalue weighted by Crippen LogP contribution is 2.45. The number of nitrogens with zero attached hydrogens (tertiary/aromatic N) is 7. The van der Waals surface area contributed by atoms with Crippen molar-refractivity contribution in [1.29, 1.82) is 0 Å². The number of Topliss-reactive ketones (excluding diaryl/α,β-unsaturated/α-hetero) is 1. The Balaban J connectivity index is 0.000000121. The summed E-state index contributed by atoms with van der Waals surface area (Å²) in [6.07, 6.45) is -1.05. The number of halogens is 8. The SMILES string of the molecule is CC(=O)c1cccn2c(-c3ccc(F)cc3)c(-c3ccc(C)cc3)nc12.Cc1ccc(-c2sc3nncn3c2-c2ccccc2)cc1.Cc1ccc(C2=C(c3ccc(F)c(F)c3)COC2)cc1.Cc1ccc(C2=C(c3cccc(F)c3)C(=O)OC2(C)C)cc1.Cc1ccc(C2=C(c3ccccc3)C(=O)OC2)cc1.Cc1ccc([N+]2=C(c3ccc(Cl)cc3)CC(C(F)(F)F)=N2)cc1. The van der Waals surface area contributed by atoms with Gasteiger partial charge in [-0.2, -0.15) is 13.2 Å². The molecule has 4 aliphatic heterocycles. The Kier molecular flexibility index (Phi) is 27.8. The van der Waals surface area contributed by atoms with E-state index in [4.69, 9.17) is 30.8 Å². The van der Waals surface area contributed by atoms with Crippen molar-refractivity contribution in [2.45, 2.75) is 80.5 Å². The van der Waals surface area contributed by atoms with Crippen LogP contribution in [0.15, 0.2) is 327 Å². The number of benzene rings is 12. The van der Waals surface area contributed by atoms with E-state index in [2.05, 4.69) is 75.2 Å². The Bertz CT molecular complexity index is 7070. The third-order valence-corrected chi connectivity index (χ3v) is 23.6. The van der Waals surface area contributed by atoms with Gasteiger partial charge < -0.3 is 14.2 Å². The second-order valence-electron chi connectivity index (χ2n) is 32.3. The third kappa shape index (κ3) is 21.2. The molecule has 0 aliphatic carbocycles. The smallest absolute Gasteiger partial charge is 0.435 e. The van der Waals surface area contributed by atoms with Crippen LogP contribution in [0.2, 0.25) is 5.02 Å². The van der Waals surface area contributed by atoms with E-state index in [1.165, 1.54) is 74.6 Å². The van der Waals surface area contributed by atoms with E-state index in [0.717, 1.165) is 100 Å². The molecule has 0 saturated carbocycles. The predicted molar refractivity (Wildman–Crippen MR) is 507 cm³/mol. The molecular formula is C109H88ClF7N7O6S+. The first-order chi connectivity index (χ1) is 63.0. The molecule has 0 atom stereocenters. The number of ether oxygens (including phenoxy) is 3. The molecule has 0 radical (unpaired) electrons. The lowest BCUT2D eigenvalue weighted by atomic mass is 9.86. The summed E-state index contributed by atoms with van der Waals surface area (Å²) < 4.78 is 114. The minimum atomic E-state index is -4.45. The molecule has 4 aromatic heterocycles. The first-order valence-electron chi connectivity index (χ1n) is 42.1. The quantitative estimate of drug-likeness (QED) is 0.0477. The summed E-state index contributed by atoms with van der Waals surface area (Å²) in [7, 11) is 0. The summed E-state index contributed by atoms with van der Waals surface area (Å²) in [5, 5.41) is 12.5. The molecule has 20 rings (SSSR count). The fourth-order valence-corrected chi connectivity index (χ4v) is 16.7. The van der Waals surface area contributed by atoms with E-state index in [-0.39, 0.29) is 29.8 Å². The average Bonchev–Trinajstić information content (AvgIpc) is 1.63. The number of aryl methyl sites for hydroxylation is 6. The Morgan fingerprint density at radius 2 is 0.969 bits per heavy atom. The van der Waals surface area contributed by atoms with Gasteiger partial charge in [0.15, 0.2) is 23.1 Å². The highest BCUT2D eigenvalue weighted by molar-refractivity contribution is 7.20. The number of hydrogen-bond acceptors (Lipinski definition) is 11. The van der Waals surface area contributed by atoms with Crippen molar-refractivity contribution in [3.63, 3.8) is 0 Å². The molecule has 0 N–H and O–H groups in total. The number of rotatable bonds is 13.